The zero-order valence-corrected chi connectivity index (χ0v) is 11.3. The first kappa shape index (κ1) is 13.5. The molecule has 1 aromatic heterocycles. The van der Waals surface area contributed by atoms with Crippen LogP contribution < -0.4 is 4.90 Å². The van der Waals surface area contributed by atoms with Crippen LogP contribution >= 0.6 is 11.3 Å². The summed E-state index contributed by atoms with van der Waals surface area (Å²) in [5.41, 5.74) is 0.565. The fourth-order valence-electron chi connectivity index (χ4n) is 1.76. The number of esters is 1. The van der Waals surface area contributed by atoms with Gasteiger partial charge < -0.3 is 4.74 Å². The van der Waals surface area contributed by atoms with Gasteiger partial charge in [-0.2, -0.15) is 5.26 Å². The Balaban J connectivity index is 1.96. The molecule has 0 aliphatic carbocycles. The number of thiazole rings is 1. The van der Waals surface area contributed by atoms with Gasteiger partial charge in [0.05, 0.1) is 12.1 Å². The molecule has 0 bridgehead atoms. The lowest BCUT2D eigenvalue weighted by Crippen LogP contribution is -2.23. The Kier molecular flexibility index (Phi) is 4.12. The van der Waals surface area contributed by atoms with E-state index in [1.54, 1.807) is 10.3 Å². The van der Waals surface area contributed by atoms with Crippen molar-refractivity contribution in [2.24, 2.45) is 0 Å². The van der Waals surface area contributed by atoms with E-state index in [1.165, 1.54) is 18.3 Å². The topological polar surface area (TPSA) is 83.3 Å². The molecule has 0 N–H and O–H groups in total. The molecule has 1 amide bonds. The Labute approximate surface area is 114 Å². The molecule has 0 saturated carbocycles. The Morgan fingerprint density at radius 2 is 2.53 bits per heavy atom. The average molecular weight is 279 g/mol. The number of hydrogen-bond donors (Lipinski definition) is 0. The quantitative estimate of drug-likeness (QED) is 0.775. The molecule has 1 aliphatic rings. The maximum absolute atomic E-state index is 11.6. The summed E-state index contributed by atoms with van der Waals surface area (Å²) < 4.78 is 4.84. The van der Waals surface area contributed by atoms with E-state index in [4.69, 9.17) is 10.00 Å². The zero-order chi connectivity index (χ0) is 13.8. The second-order valence-corrected chi connectivity index (χ2v) is 5.04. The molecule has 1 aliphatic heterocycles. The number of hydrogen-bond acceptors (Lipinski definition) is 6. The lowest BCUT2D eigenvalue weighted by Gasteiger charge is -2.10. The first-order valence-corrected chi connectivity index (χ1v) is 6.82. The van der Waals surface area contributed by atoms with E-state index in [1.807, 2.05) is 6.07 Å². The first-order chi connectivity index (χ1) is 9.10. The average Bonchev–Trinajstić information content (AvgIpc) is 2.97. The molecule has 6 nitrogen and oxygen atoms in total. The summed E-state index contributed by atoms with van der Waals surface area (Å²) >= 11 is 1.34. The van der Waals surface area contributed by atoms with Crippen LogP contribution in [0.25, 0.3) is 0 Å². The third kappa shape index (κ3) is 3.29. The van der Waals surface area contributed by atoms with Crippen LogP contribution in [0.1, 0.15) is 25.5 Å². The highest BCUT2D eigenvalue weighted by Crippen LogP contribution is 2.25. The molecule has 2 rings (SSSR count). The second kappa shape index (κ2) is 5.80. The summed E-state index contributed by atoms with van der Waals surface area (Å²) in [5.74, 6) is -0.416. The van der Waals surface area contributed by atoms with Gasteiger partial charge in [-0.05, 0) is 13.3 Å². The molecule has 1 atom stereocenters. The van der Waals surface area contributed by atoms with Crippen molar-refractivity contribution in [1.82, 2.24) is 4.98 Å². The minimum Gasteiger partial charge on any atom is -0.447 e. The summed E-state index contributed by atoms with van der Waals surface area (Å²) in [4.78, 5) is 28.9. The van der Waals surface area contributed by atoms with Gasteiger partial charge in [0.25, 0.3) is 0 Å². The summed E-state index contributed by atoms with van der Waals surface area (Å²) in [6, 6.07) is 1.82. The van der Waals surface area contributed by atoms with E-state index in [-0.39, 0.29) is 12.3 Å². The second-order valence-electron chi connectivity index (χ2n) is 4.21. The van der Waals surface area contributed by atoms with Gasteiger partial charge in [0.1, 0.15) is 6.07 Å². The summed E-state index contributed by atoms with van der Waals surface area (Å²) in [6.45, 7) is 2.19. The van der Waals surface area contributed by atoms with Crippen LogP contribution in [0.4, 0.5) is 5.13 Å². The number of carbonyl (C=O) groups excluding carboxylic acids is 2. The molecule has 1 fully saturated rings. The highest BCUT2D eigenvalue weighted by atomic mass is 32.1. The third-order valence-corrected chi connectivity index (χ3v) is 3.57. The molecule has 1 aromatic rings. The zero-order valence-electron chi connectivity index (χ0n) is 10.5. The van der Waals surface area contributed by atoms with Gasteiger partial charge >= 0.3 is 5.97 Å². The molecule has 0 aromatic carbocycles. The number of nitriles is 1. The van der Waals surface area contributed by atoms with Crippen molar-refractivity contribution in [2.45, 2.75) is 32.3 Å². The SMILES string of the molecule is C[C@H](C#N)OC(=O)Cc1csc(N2CCCC2=O)n1. The Morgan fingerprint density at radius 3 is 3.16 bits per heavy atom. The van der Waals surface area contributed by atoms with Gasteiger partial charge in [-0.25, -0.2) is 4.98 Å². The maximum atomic E-state index is 11.6. The number of carbonyl (C=O) groups is 2. The van der Waals surface area contributed by atoms with Crippen molar-refractivity contribution in [1.29, 1.82) is 5.26 Å². The summed E-state index contributed by atoms with van der Waals surface area (Å²) in [7, 11) is 0. The summed E-state index contributed by atoms with van der Waals surface area (Å²) in [6.07, 6.45) is 0.655. The monoisotopic (exact) mass is 279 g/mol. The van der Waals surface area contributed by atoms with Crippen molar-refractivity contribution in [2.75, 3.05) is 11.4 Å². The van der Waals surface area contributed by atoms with Crippen molar-refractivity contribution in [3.63, 3.8) is 0 Å². The fourth-order valence-corrected chi connectivity index (χ4v) is 2.63. The number of nitrogens with zero attached hydrogens (tertiary/aromatic N) is 3. The highest BCUT2D eigenvalue weighted by Gasteiger charge is 2.24. The van der Waals surface area contributed by atoms with Crippen molar-refractivity contribution in [3.05, 3.63) is 11.1 Å². The number of rotatable bonds is 4. The molecular formula is C12H13N3O3S. The Bertz CT molecular complexity index is 535. The van der Waals surface area contributed by atoms with E-state index < -0.39 is 12.1 Å². The number of ether oxygens (including phenoxy) is 1. The van der Waals surface area contributed by atoms with Crippen molar-refractivity contribution < 1.29 is 14.3 Å². The molecular weight excluding hydrogens is 266 g/mol. The minimum absolute atomic E-state index is 0.0184. The molecule has 0 spiro atoms. The van der Waals surface area contributed by atoms with Crippen LogP contribution in [0.5, 0.6) is 0 Å². The van der Waals surface area contributed by atoms with Crippen molar-refractivity contribution >= 4 is 28.3 Å². The molecule has 7 heteroatoms. The Hall–Kier alpha value is -1.94. The largest absolute Gasteiger partial charge is 0.447 e. The van der Waals surface area contributed by atoms with Crippen LogP contribution in [0, 0.1) is 11.3 Å². The van der Waals surface area contributed by atoms with Gasteiger partial charge in [-0.3, -0.25) is 14.5 Å². The van der Waals surface area contributed by atoms with E-state index in [0.717, 1.165) is 6.42 Å². The number of anilines is 1. The van der Waals surface area contributed by atoms with Crippen LogP contribution in [-0.2, 0) is 20.7 Å². The van der Waals surface area contributed by atoms with E-state index in [0.29, 0.717) is 23.8 Å². The third-order valence-electron chi connectivity index (χ3n) is 2.66. The van der Waals surface area contributed by atoms with E-state index in [2.05, 4.69) is 4.98 Å². The first-order valence-electron chi connectivity index (χ1n) is 5.94. The molecule has 100 valence electrons. The molecule has 0 radical (unpaired) electrons. The van der Waals surface area contributed by atoms with Gasteiger partial charge in [-0.1, -0.05) is 0 Å². The molecule has 2 heterocycles. The molecule has 19 heavy (non-hydrogen) atoms. The van der Waals surface area contributed by atoms with Gasteiger partial charge in [0.15, 0.2) is 11.2 Å². The molecule has 0 unspecified atom stereocenters. The molecule has 1 saturated heterocycles. The number of aromatic nitrogens is 1. The predicted molar refractivity (Wildman–Crippen MR) is 68.6 cm³/mol. The van der Waals surface area contributed by atoms with Crippen molar-refractivity contribution in [3.8, 4) is 6.07 Å². The normalized spacial score (nSPS) is 16.2. The predicted octanol–water partition coefficient (Wildman–Crippen LogP) is 1.27. The highest BCUT2D eigenvalue weighted by molar-refractivity contribution is 7.14. The van der Waals surface area contributed by atoms with Gasteiger partial charge in [0, 0.05) is 18.3 Å². The lowest BCUT2D eigenvalue weighted by molar-refractivity contribution is -0.145. The van der Waals surface area contributed by atoms with Crippen LogP contribution in [0.3, 0.4) is 0 Å². The van der Waals surface area contributed by atoms with E-state index >= 15 is 0 Å². The van der Waals surface area contributed by atoms with Crippen LogP contribution in [0.2, 0.25) is 0 Å². The van der Waals surface area contributed by atoms with Crippen LogP contribution in [0.15, 0.2) is 5.38 Å². The van der Waals surface area contributed by atoms with Gasteiger partial charge in [-0.15, -0.1) is 11.3 Å². The van der Waals surface area contributed by atoms with E-state index in [9.17, 15) is 9.59 Å². The van der Waals surface area contributed by atoms with Crippen LogP contribution in [-0.4, -0.2) is 29.5 Å². The van der Waals surface area contributed by atoms with Gasteiger partial charge in [0.2, 0.25) is 5.91 Å². The maximum Gasteiger partial charge on any atom is 0.313 e. The fraction of sp³-hybridized carbons (Fsp3) is 0.500. The standard InChI is InChI=1S/C12H13N3O3S/c1-8(6-13)18-11(17)5-9-7-19-12(14-9)15-4-2-3-10(15)16/h7-8H,2-5H2,1H3/t8-/m1/s1. The number of amides is 1. The minimum atomic E-state index is -0.759. The lowest BCUT2D eigenvalue weighted by atomic mass is 10.3. The smallest absolute Gasteiger partial charge is 0.313 e. The Morgan fingerprint density at radius 1 is 1.74 bits per heavy atom. The summed E-state index contributed by atoms with van der Waals surface area (Å²) in [5, 5.41) is 10.9.